The van der Waals surface area contributed by atoms with E-state index < -0.39 is 0 Å². The molecule has 1 aromatic rings. The van der Waals surface area contributed by atoms with E-state index in [2.05, 4.69) is 70.0 Å². The molecule has 0 unspecified atom stereocenters. The zero-order valence-corrected chi connectivity index (χ0v) is 19.4. The molecule has 1 amide bonds. The Morgan fingerprint density at radius 1 is 1.41 bits per heavy atom. The molecular formula is C22H32BrN5O. The van der Waals surface area contributed by atoms with E-state index in [1.165, 1.54) is 6.42 Å². The SMILES string of the molecule is C=C/C=C(\C=C/C(C)(C)C)Nc1ncc(Br)c(NCCN(C)C(=O)C2CCC2)n1. The first kappa shape index (κ1) is 23.1. The number of anilines is 2. The van der Waals surface area contributed by atoms with Crippen molar-refractivity contribution in [3.63, 3.8) is 0 Å². The van der Waals surface area contributed by atoms with Gasteiger partial charge in [0.25, 0.3) is 0 Å². The quantitative estimate of drug-likeness (QED) is 0.506. The van der Waals surface area contributed by atoms with Crippen molar-refractivity contribution < 1.29 is 4.79 Å². The Balaban J connectivity index is 1.97. The molecule has 1 fully saturated rings. The van der Waals surface area contributed by atoms with Crippen molar-refractivity contribution in [3.8, 4) is 0 Å². The summed E-state index contributed by atoms with van der Waals surface area (Å²) in [5.41, 5.74) is 0.923. The van der Waals surface area contributed by atoms with Crippen molar-refractivity contribution in [1.82, 2.24) is 14.9 Å². The highest BCUT2D eigenvalue weighted by Crippen LogP contribution is 2.28. The number of hydrogen-bond donors (Lipinski definition) is 2. The summed E-state index contributed by atoms with van der Waals surface area (Å²) < 4.78 is 0.774. The third-order valence-corrected chi connectivity index (χ3v) is 5.21. The number of halogens is 1. The van der Waals surface area contributed by atoms with Gasteiger partial charge in [-0.2, -0.15) is 4.98 Å². The predicted octanol–water partition coefficient (Wildman–Crippen LogP) is 4.99. The summed E-state index contributed by atoms with van der Waals surface area (Å²) >= 11 is 3.48. The highest BCUT2D eigenvalue weighted by Gasteiger charge is 2.27. The average Bonchev–Trinajstić information content (AvgIpc) is 2.60. The molecule has 1 saturated carbocycles. The number of likely N-dealkylation sites (N-methyl/N-ethyl adjacent to an activating group) is 1. The van der Waals surface area contributed by atoms with Crippen LogP contribution >= 0.6 is 15.9 Å². The fourth-order valence-electron chi connectivity index (χ4n) is 2.71. The van der Waals surface area contributed by atoms with Gasteiger partial charge in [0, 0.05) is 37.9 Å². The Labute approximate surface area is 182 Å². The number of nitrogens with one attached hydrogen (secondary N) is 2. The maximum Gasteiger partial charge on any atom is 0.229 e. The van der Waals surface area contributed by atoms with Crippen molar-refractivity contribution in [2.24, 2.45) is 11.3 Å². The summed E-state index contributed by atoms with van der Waals surface area (Å²) in [4.78, 5) is 22.9. The lowest BCUT2D eigenvalue weighted by molar-refractivity contribution is -0.136. The number of hydrogen-bond acceptors (Lipinski definition) is 5. The molecule has 1 heterocycles. The van der Waals surface area contributed by atoms with E-state index in [1.807, 2.05) is 19.2 Å². The van der Waals surface area contributed by atoms with Crippen molar-refractivity contribution in [2.45, 2.75) is 40.0 Å². The van der Waals surface area contributed by atoms with E-state index >= 15 is 0 Å². The van der Waals surface area contributed by atoms with Crippen LogP contribution in [0.15, 0.2) is 47.2 Å². The number of carbonyl (C=O) groups excluding carboxylic acids is 1. The number of rotatable bonds is 9. The molecule has 0 atom stereocenters. The van der Waals surface area contributed by atoms with Crippen molar-refractivity contribution in [3.05, 3.63) is 47.2 Å². The molecule has 0 saturated heterocycles. The second-order valence-electron chi connectivity index (χ2n) is 8.39. The number of amides is 1. The van der Waals surface area contributed by atoms with Crippen LogP contribution in [0.5, 0.6) is 0 Å². The smallest absolute Gasteiger partial charge is 0.229 e. The van der Waals surface area contributed by atoms with Crippen LogP contribution in [0.3, 0.4) is 0 Å². The maximum absolute atomic E-state index is 12.2. The number of allylic oxidation sites excluding steroid dienone is 4. The molecule has 7 heteroatoms. The molecule has 6 nitrogen and oxygen atoms in total. The van der Waals surface area contributed by atoms with Crippen LogP contribution in [0.4, 0.5) is 11.8 Å². The minimum Gasteiger partial charge on any atom is -0.367 e. The zero-order chi connectivity index (χ0) is 21.4. The summed E-state index contributed by atoms with van der Waals surface area (Å²) in [6.45, 7) is 11.4. The Morgan fingerprint density at radius 3 is 2.72 bits per heavy atom. The van der Waals surface area contributed by atoms with Crippen molar-refractivity contribution in [2.75, 3.05) is 30.8 Å². The van der Waals surface area contributed by atoms with Crippen LogP contribution < -0.4 is 10.6 Å². The molecule has 1 aliphatic carbocycles. The molecule has 2 N–H and O–H groups in total. The highest BCUT2D eigenvalue weighted by molar-refractivity contribution is 9.10. The summed E-state index contributed by atoms with van der Waals surface area (Å²) in [6, 6.07) is 0. The van der Waals surface area contributed by atoms with E-state index in [0.29, 0.717) is 24.9 Å². The topological polar surface area (TPSA) is 70.2 Å². The van der Waals surface area contributed by atoms with E-state index in [9.17, 15) is 4.79 Å². The Morgan fingerprint density at radius 2 is 2.14 bits per heavy atom. The minimum atomic E-state index is 0.0676. The minimum absolute atomic E-state index is 0.0676. The number of carbonyl (C=O) groups is 1. The molecule has 0 aliphatic heterocycles. The van der Waals surface area contributed by atoms with Crippen LogP contribution in [0, 0.1) is 11.3 Å². The van der Waals surface area contributed by atoms with E-state index in [4.69, 9.17) is 0 Å². The van der Waals surface area contributed by atoms with E-state index in [1.54, 1.807) is 17.2 Å². The lowest BCUT2D eigenvalue weighted by atomic mass is 9.84. The molecule has 0 bridgehead atoms. The Bertz CT molecular complexity index is 778. The van der Waals surface area contributed by atoms with Crippen LogP contribution in [0.1, 0.15) is 40.0 Å². The Kier molecular flexibility index (Phi) is 8.44. The first-order chi connectivity index (χ1) is 13.7. The lowest BCUT2D eigenvalue weighted by Gasteiger charge is -2.29. The second kappa shape index (κ2) is 10.6. The Hall–Kier alpha value is -2.15. The predicted molar refractivity (Wildman–Crippen MR) is 124 cm³/mol. The molecule has 29 heavy (non-hydrogen) atoms. The van der Waals surface area contributed by atoms with Crippen LogP contribution in [0.2, 0.25) is 0 Å². The maximum atomic E-state index is 12.2. The van der Waals surface area contributed by atoms with Crippen LogP contribution in [-0.4, -0.2) is 40.9 Å². The number of aromatic nitrogens is 2. The summed E-state index contributed by atoms with van der Waals surface area (Å²) in [5, 5.41) is 6.51. The highest BCUT2D eigenvalue weighted by atomic mass is 79.9. The summed E-state index contributed by atoms with van der Waals surface area (Å²) in [5.74, 6) is 1.64. The summed E-state index contributed by atoms with van der Waals surface area (Å²) in [7, 11) is 1.86. The number of nitrogens with zero attached hydrogens (tertiary/aromatic N) is 3. The van der Waals surface area contributed by atoms with Crippen molar-refractivity contribution >= 4 is 33.6 Å². The molecule has 1 aromatic heterocycles. The normalized spacial score (nSPS) is 15.1. The van der Waals surface area contributed by atoms with Gasteiger partial charge in [-0.15, -0.1) is 0 Å². The van der Waals surface area contributed by atoms with Gasteiger partial charge in [0.05, 0.1) is 4.47 Å². The van der Waals surface area contributed by atoms with Crippen LogP contribution in [0.25, 0.3) is 0 Å². The van der Waals surface area contributed by atoms with Gasteiger partial charge >= 0.3 is 0 Å². The molecular weight excluding hydrogens is 430 g/mol. The second-order valence-corrected chi connectivity index (χ2v) is 9.24. The van der Waals surface area contributed by atoms with Gasteiger partial charge in [-0.05, 0) is 46.3 Å². The van der Waals surface area contributed by atoms with Gasteiger partial charge in [-0.3, -0.25) is 4.79 Å². The van der Waals surface area contributed by atoms with Gasteiger partial charge in [-0.25, -0.2) is 4.98 Å². The monoisotopic (exact) mass is 461 g/mol. The molecule has 0 spiro atoms. The molecule has 0 radical (unpaired) electrons. The standard InChI is InChI=1S/C22H32BrN5O/c1-6-8-17(11-12-22(2,3)4)26-21-25-15-18(23)19(27-21)24-13-14-28(5)20(29)16-9-7-10-16/h6,8,11-12,15-16H,1,7,9-10,13-14H2,2-5H3,(H2,24,25,26,27)/b12-11-,17-8+. The zero-order valence-electron chi connectivity index (χ0n) is 17.8. The van der Waals surface area contributed by atoms with Gasteiger partial charge in [-0.1, -0.05) is 45.9 Å². The molecule has 1 aliphatic rings. The average molecular weight is 462 g/mol. The fourth-order valence-corrected chi connectivity index (χ4v) is 3.04. The molecule has 158 valence electrons. The van der Waals surface area contributed by atoms with Crippen LogP contribution in [-0.2, 0) is 4.79 Å². The third-order valence-electron chi connectivity index (χ3n) is 4.63. The van der Waals surface area contributed by atoms with E-state index in [0.717, 1.165) is 23.0 Å². The fraction of sp³-hybridized carbons (Fsp3) is 0.500. The lowest BCUT2D eigenvalue weighted by Crippen LogP contribution is -2.38. The summed E-state index contributed by atoms with van der Waals surface area (Å²) in [6.07, 6.45) is 12.6. The molecule has 2 rings (SSSR count). The van der Waals surface area contributed by atoms with E-state index in [-0.39, 0.29) is 17.2 Å². The molecule has 0 aromatic carbocycles. The van der Waals surface area contributed by atoms with Gasteiger partial charge in [0.15, 0.2) is 0 Å². The van der Waals surface area contributed by atoms with Gasteiger partial charge in [0.2, 0.25) is 11.9 Å². The van der Waals surface area contributed by atoms with Gasteiger partial charge < -0.3 is 15.5 Å². The van der Waals surface area contributed by atoms with Crippen molar-refractivity contribution in [1.29, 1.82) is 0 Å². The first-order valence-corrected chi connectivity index (χ1v) is 10.8. The largest absolute Gasteiger partial charge is 0.367 e. The first-order valence-electron chi connectivity index (χ1n) is 10.00. The van der Waals surface area contributed by atoms with Gasteiger partial charge in [0.1, 0.15) is 5.82 Å². The third kappa shape index (κ3) is 7.65.